The summed E-state index contributed by atoms with van der Waals surface area (Å²) in [5, 5.41) is 0. The van der Waals surface area contributed by atoms with Crippen molar-refractivity contribution in [3.8, 4) is 0 Å². The average Bonchev–Trinajstić information content (AvgIpc) is 2.66. The minimum atomic E-state index is 0.137. The van der Waals surface area contributed by atoms with Gasteiger partial charge in [0.2, 0.25) is 0 Å². The van der Waals surface area contributed by atoms with Crippen molar-refractivity contribution >= 4 is 0 Å². The van der Waals surface area contributed by atoms with Crippen LogP contribution in [0.4, 0.5) is 0 Å². The first-order valence-electron chi connectivity index (χ1n) is 8.52. The lowest BCUT2D eigenvalue weighted by molar-refractivity contribution is -0.0605. The molecule has 19 heavy (non-hydrogen) atoms. The molecule has 4 aliphatic carbocycles. The second kappa shape index (κ2) is 4.21. The lowest BCUT2D eigenvalue weighted by atomic mass is 9.48. The van der Waals surface area contributed by atoms with Crippen LogP contribution in [-0.2, 0) is 0 Å². The van der Waals surface area contributed by atoms with Gasteiger partial charge in [-0.05, 0) is 94.5 Å². The Morgan fingerprint density at radius 2 is 1.58 bits per heavy atom. The molecule has 1 atom stereocenters. The monoisotopic (exact) mass is 262 g/mol. The van der Waals surface area contributed by atoms with Gasteiger partial charge in [-0.3, -0.25) is 0 Å². The molecule has 2 nitrogen and oxygen atoms in total. The third kappa shape index (κ3) is 2.25. The van der Waals surface area contributed by atoms with Crippen molar-refractivity contribution in [2.75, 3.05) is 20.1 Å². The lowest BCUT2D eigenvalue weighted by Crippen LogP contribution is -2.48. The number of hydrogen-bond acceptors (Lipinski definition) is 2. The van der Waals surface area contributed by atoms with E-state index in [9.17, 15) is 0 Å². The molecule has 2 heteroatoms. The molecule has 0 aromatic carbocycles. The molecule has 1 heterocycles. The average molecular weight is 262 g/mol. The maximum atomic E-state index is 6.64. The van der Waals surface area contributed by atoms with Gasteiger partial charge >= 0.3 is 0 Å². The topological polar surface area (TPSA) is 29.3 Å². The Hall–Kier alpha value is -0.0800. The van der Waals surface area contributed by atoms with Crippen molar-refractivity contribution in [2.24, 2.45) is 28.9 Å². The highest BCUT2D eigenvalue weighted by atomic mass is 15.2. The fraction of sp³-hybridized carbons (Fsp3) is 1.00. The van der Waals surface area contributed by atoms with Crippen LogP contribution in [0, 0.1) is 23.2 Å². The fourth-order valence-corrected chi connectivity index (χ4v) is 6.42. The molecule has 108 valence electrons. The Kier molecular flexibility index (Phi) is 2.80. The fourth-order valence-electron chi connectivity index (χ4n) is 6.42. The lowest BCUT2D eigenvalue weighted by Gasteiger charge is -2.57. The largest absolute Gasteiger partial charge is 0.324 e. The van der Waals surface area contributed by atoms with E-state index in [0.717, 1.165) is 29.7 Å². The molecule has 5 aliphatic rings. The first-order valence-corrected chi connectivity index (χ1v) is 8.52. The second-order valence-electron chi connectivity index (χ2n) is 8.77. The smallest absolute Gasteiger partial charge is 0.0295 e. The zero-order valence-corrected chi connectivity index (χ0v) is 12.5. The third-order valence-electron chi connectivity index (χ3n) is 6.89. The molecule has 0 radical (unpaired) electrons. The molecule has 0 amide bonds. The summed E-state index contributed by atoms with van der Waals surface area (Å²) >= 11 is 0. The summed E-state index contributed by atoms with van der Waals surface area (Å²) in [7, 11) is 2.22. The number of likely N-dealkylation sites (N-methyl/N-ethyl adjacent to an activating group) is 1. The second-order valence-corrected chi connectivity index (χ2v) is 8.77. The molecule has 1 aliphatic heterocycles. The Morgan fingerprint density at radius 3 is 2.05 bits per heavy atom. The summed E-state index contributed by atoms with van der Waals surface area (Å²) in [6.07, 6.45) is 13.3. The molecular weight excluding hydrogens is 232 g/mol. The van der Waals surface area contributed by atoms with Crippen LogP contribution in [0.3, 0.4) is 0 Å². The van der Waals surface area contributed by atoms with Crippen LogP contribution >= 0.6 is 0 Å². The normalized spacial score (nSPS) is 53.1. The van der Waals surface area contributed by atoms with Gasteiger partial charge in [0.25, 0.3) is 0 Å². The number of nitrogens with two attached hydrogens (primary N) is 1. The van der Waals surface area contributed by atoms with Crippen molar-refractivity contribution in [1.82, 2.24) is 4.90 Å². The summed E-state index contributed by atoms with van der Waals surface area (Å²) in [4.78, 5) is 2.42. The van der Waals surface area contributed by atoms with E-state index in [1.54, 1.807) is 38.5 Å². The molecule has 0 aromatic heterocycles. The van der Waals surface area contributed by atoms with E-state index in [-0.39, 0.29) is 5.54 Å². The summed E-state index contributed by atoms with van der Waals surface area (Å²) < 4.78 is 0. The summed E-state index contributed by atoms with van der Waals surface area (Å²) in [5.41, 5.74) is 7.50. The van der Waals surface area contributed by atoms with Crippen molar-refractivity contribution in [1.29, 1.82) is 0 Å². The Labute approximate surface area is 118 Å². The van der Waals surface area contributed by atoms with Gasteiger partial charge in [0.15, 0.2) is 0 Å². The van der Waals surface area contributed by atoms with E-state index in [1.807, 2.05) is 0 Å². The van der Waals surface area contributed by atoms with Gasteiger partial charge < -0.3 is 10.6 Å². The van der Waals surface area contributed by atoms with Crippen LogP contribution in [0.5, 0.6) is 0 Å². The van der Waals surface area contributed by atoms with Crippen molar-refractivity contribution in [3.63, 3.8) is 0 Å². The summed E-state index contributed by atoms with van der Waals surface area (Å²) in [6, 6.07) is 0. The maximum absolute atomic E-state index is 6.64. The first kappa shape index (κ1) is 12.6. The molecule has 5 fully saturated rings. The highest BCUT2D eigenvalue weighted by Gasteiger charge is 2.51. The Bertz CT molecular complexity index is 329. The standard InChI is InChI=1S/C17H30N2/c1-19-5-4-17(18,12-19)3-2-16-9-13-6-14(10-16)8-15(7-13)11-16/h13-15H,2-12,18H2,1H3. The van der Waals surface area contributed by atoms with Gasteiger partial charge in [0.1, 0.15) is 0 Å². The number of hydrogen-bond donors (Lipinski definition) is 1. The molecule has 2 N–H and O–H groups in total. The van der Waals surface area contributed by atoms with Crippen LogP contribution in [0.1, 0.15) is 57.8 Å². The van der Waals surface area contributed by atoms with Crippen LogP contribution in [0.15, 0.2) is 0 Å². The summed E-state index contributed by atoms with van der Waals surface area (Å²) in [5.74, 6) is 3.27. The molecule has 4 bridgehead atoms. The zero-order chi connectivity index (χ0) is 13.1. The molecule has 5 rings (SSSR count). The van der Waals surface area contributed by atoms with Crippen molar-refractivity contribution in [3.05, 3.63) is 0 Å². The van der Waals surface area contributed by atoms with E-state index in [0.29, 0.717) is 0 Å². The first-order chi connectivity index (χ1) is 9.04. The molecule has 0 spiro atoms. The minimum Gasteiger partial charge on any atom is -0.324 e. The highest BCUT2D eigenvalue weighted by molar-refractivity contribution is 5.03. The van der Waals surface area contributed by atoms with E-state index >= 15 is 0 Å². The summed E-state index contributed by atoms with van der Waals surface area (Å²) in [6.45, 7) is 2.33. The van der Waals surface area contributed by atoms with E-state index in [4.69, 9.17) is 5.73 Å². The Morgan fingerprint density at radius 1 is 1.00 bits per heavy atom. The van der Waals surface area contributed by atoms with Crippen LogP contribution in [-0.4, -0.2) is 30.6 Å². The van der Waals surface area contributed by atoms with E-state index < -0.39 is 0 Å². The molecule has 0 aromatic rings. The Balaban J connectivity index is 1.42. The van der Waals surface area contributed by atoms with Crippen molar-refractivity contribution in [2.45, 2.75) is 63.3 Å². The van der Waals surface area contributed by atoms with Gasteiger partial charge in [-0.25, -0.2) is 0 Å². The predicted octanol–water partition coefficient (Wildman–Crippen LogP) is 3.02. The van der Waals surface area contributed by atoms with Gasteiger partial charge in [0.05, 0.1) is 0 Å². The molecule has 1 unspecified atom stereocenters. The highest BCUT2D eigenvalue weighted by Crippen LogP contribution is 2.61. The quantitative estimate of drug-likeness (QED) is 0.847. The molecule has 1 saturated heterocycles. The third-order valence-corrected chi connectivity index (χ3v) is 6.89. The van der Waals surface area contributed by atoms with Gasteiger partial charge in [-0.15, -0.1) is 0 Å². The molecule has 4 saturated carbocycles. The van der Waals surface area contributed by atoms with Gasteiger partial charge in [-0.1, -0.05) is 0 Å². The number of likely N-dealkylation sites (tertiary alicyclic amines) is 1. The van der Waals surface area contributed by atoms with Crippen LogP contribution in [0.25, 0.3) is 0 Å². The van der Waals surface area contributed by atoms with Crippen LogP contribution in [0.2, 0.25) is 0 Å². The number of nitrogens with zero attached hydrogens (tertiary/aromatic N) is 1. The van der Waals surface area contributed by atoms with Crippen molar-refractivity contribution < 1.29 is 0 Å². The van der Waals surface area contributed by atoms with Gasteiger partial charge in [0, 0.05) is 12.1 Å². The molecular formula is C17H30N2. The van der Waals surface area contributed by atoms with Crippen LogP contribution < -0.4 is 5.73 Å². The predicted molar refractivity (Wildman–Crippen MR) is 78.9 cm³/mol. The maximum Gasteiger partial charge on any atom is 0.0295 e. The number of rotatable bonds is 3. The SMILES string of the molecule is CN1CCC(N)(CCC23CC4CC(CC(C4)C2)C3)C1. The van der Waals surface area contributed by atoms with Gasteiger partial charge in [-0.2, -0.15) is 0 Å². The zero-order valence-electron chi connectivity index (χ0n) is 12.5. The van der Waals surface area contributed by atoms with E-state index in [2.05, 4.69) is 11.9 Å². The minimum absolute atomic E-state index is 0.137. The van der Waals surface area contributed by atoms with E-state index in [1.165, 1.54) is 25.8 Å².